The van der Waals surface area contributed by atoms with Gasteiger partial charge in [-0.25, -0.2) is 9.97 Å². The van der Waals surface area contributed by atoms with Crippen LogP contribution in [0.25, 0.3) is 0 Å². The molecule has 0 saturated carbocycles. The largest absolute Gasteiger partial charge is 0.393 e. The van der Waals surface area contributed by atoms with Crippen molar-refractivity contribution in [1.29, 1.82) is 0 Å². The minimum Gasteiger partial charge on any atom is -0.393 e. The number of nitrogen functional groups attached to an aromatic ring is 1. The molecule has 0 aliphatic carbocycles. The summed E-state index contributed by atoms with van der Waals surface area (Å²) in [7, 11) is 3.79. The van der Waals surface area contributed by atoms with Gasteiger partial charge in [0.15, 0.2) is 11.6 Å². The zero-order valence-corrected chi connectivity index (χ0v) is 9.88. The van der Waals surface area contributed by atoms with Gasteiger partial charge in [0.1, 0.15) is 12.0 Å². The Morgan fingerprint density at radius 1 is 1.12 bits per heavy atom. The molecule has 1 aromatic carbocycles. The molecular formula is C12H15N5. The van der Waals surface area contributed by atoms with Crippen molar-refractivity contribution < 1.29 is 0 Å². The summed E-state index contributed by atoms with van der Waals surface area (Å²) in [5.74, 6) is 1.33. The molecule has 5 heteroatoms. The Hall–Kier alpha value is -2.30. The molecule has 0 saturated heterocycles. The van der Waals surface area contributed by atoms with Crippen LogP contribution in [0.5, 0.6) is 0 Å². The fourth-order valence-corrected chi connectivity index (χ4v) is 1.50. The molecule has 0 radical (unpaired) electrons. The number of nitrogens with one attached hydrogen (secondary N) is 1. The summed E-state index contributed by atoms with van der Waals surface area (Å²) in [6, 6.07) is 9.77. The van der Waals surface area contributed by atoms with E-state index < -0.39 is 0 Å². The van der Waals surface area contributed by atoms with Gasteiger partial charge in [0, 0.05) is 19.8 Å². The highest BCUT2D eigenvalue weighted by atomic mass is 15.2. The highest BCUT2D eigenvalue weighted by Gasteiger charge is 2.09. The van der Waals surface area contributed by atoms with Gasteiger partial charge in [-0.2, -0.15) is 0 Å². The van der Waals surface area contributed by atoms with E-state index in [4.69, 9.17) is 5.73 Å². The lowest BCUT2D eigenvalue weighted by atomic mass is 10.3. The second-order valence-corrected chi connectivity index (χ2v) is 3.85. The van der Waals surface area contributed by atoms with Crippen LogP contribution in [0.1, 0.15) is 0 Å². The summed E-state index contributed by atoms with van der Waals surface area (Å²) in [6.07, 6.45) is 1.50. The predicted octanol–water partition coefficient (Wildman–Crippen LogP) is 1.87. The van der Waals surface area contributed by atoms with Crippen molar-refractivity contribution in [3.63, 3.8) is 0 Å². The third-order valence-electron chi connectivity index (χ3n) is 2.32. The monoisotopic (exact) mass is 229 g/mol. The van der Waals surface area contributed by atoms with E-state index in [9.17, 15) is 0 Å². The van der Waals surface area contributed by atoms with Crippen LogP contribution in [0.4, 0.5) is 23.0 Å². The number of nitrogens with zero attached hydrogens (tertiary/aromatic N) is 3. The molecule has 1 heterocycles. The summed E-state index contributed by atoms with van der Waals surface area (Å²) >= 11 is 0. The van der Waals surface area contributed by atoms with Gasteiger partial charge in [0.25, 0.3) is 0 Å². The molecule has 2 rings (SSSR count). The van der Waals surface area contributed by atoms with E-state index in [1.54, 1.807) is 0 Å². The minimum atomic E-state index is 0.543. The summed E-state index contributed by atoms with van der Waals surface area (Å²) in [6.45, 7) is 0. The third kappa shape index (κ3) is 2.44. The molecule has 0 bridgehead atoms. The van der Waals surface area contributed by atoms with E-state index in [2.05, 4.69) is 15.3 Å². The second kappa shape index (κ2) is 4.69. The molecule has 0 aliphatic rings. The first-order chi connectivity index (χ1) is 8.18. The first-order valence-corrected chi connectivity index (χ1v) is 5.28. The summed E-state index contributed by atoms with van der Waals surface area (Å²) < 4.78 is 0. The van der Waals surface area contributed by atoms with Gasteiger partial charge in [-0.15, -0.1) is 0 Å². The maximum absolute atomic E-state index is 6.00. The highest BCUT2D eigenvalue weighted by Crippen LogP contribution is 2.26. The lowest BCUT2D eigenvalue weighted by molar-refractivity contribution is 1.04. The number of rotatable bonds is 3. The van der Waals surface area contributed by atoms with E-state index in [0.717, 1.165) is 5.69 Å². The minimum absolute atomic E-state index is 0.543. The molecule has 0 atom stereocenters. The second-order valence-electron chi connectivity index (χ2n) is 3.85. The average Bonchev–Trinajstić information content (AvgIpc) is 2.33. The van der Waals surface area contributed by atoms with Gasteiger partial charge in [0.05, 0.1) is 0 Å². The Kier molecular flexibility index (Phi) is 3.09. The van der Waals surface area contributed by atoms with Crippen LogP contribution in [-0.4, -0.2) is 24.1 Å². The van der Waals surface area contributed by atoms with Crippen molar-refractivity contribution in [1.82, 2.24) is 9.97 Å². The summed E-state index contributed by atoms with van der Waals surface area (Å²) in [4.78, 5) is 10.1. The highest BCUT2D eigenvalue weighted by molar-refractivity contribution is 5.77. The molecule has 2 aromatic rings. The lowest BCUT2D eigenvalue weighted by Crippen LogP contribution is -2.14. The van der Waals surface area contributed by atoms with E-state index in [-0.39, 0.29) is 0 Å². The zero-order valence-electron chi connectivity index (χ0n) is 9.88. The van der Waals surface area contributed by atoms with Crippen LogP contribution < -0.4 is 16.0 Å². The van der Waals surface area contributed by atoms with Crippen LogP contribution in [-0.2, 0) is 0 Å². The first kappa shape index (κ1) is 11.2. The summed E-state index contributed by atoms with van der Waals surface area (Å²) in [5.41, 5.74) is 7.49. The third-order valence-corrected chi connectivity index (χ3v) is 2.32. The Balaban J connectivity index is 2.31. The van der Waals surface area contributed by atoms with Gasteiger partial charge >= 0.3 is 0 Å². The number of hydrogen-bond acceptors (Lipinski definition) is 5. The van der Waals surface area contributed by atoms with Crippen LogP contribution >= 0.6 is 0 Å². The quantitative estimate of drug-likeness (QED) is 0.841. The maximum Gasteiger partial charge on any atom is 0.159 e. The fraction of sp³-hybridized carbons (Fsp3) is 0.167. The van der Waals surface area contributed by atoms with Gasteiger partial charge in [-0.3, -0.25) is 0 Å². The Bertz CT molecular complexity index is 496. The molecule has 17 heavy (non-hydrogen) atoms. The Morgan fingerprint density at radius 3 is 2.47 bits per heavy atom. The fourth-order valence-electron chi connectivity index (χ4n) is 1.50. The molecule has 0 amide bonds. The number of benzene rings is 1. The van der Waals surface area contributed by atoms with Crippen molar-refractivity contribution in [2.24, 2.45) is 0 Å². The molecular weight excluding hydrogens is 214 g/mol. The van der Waals surface area contributed by atoms with Crippen LogP contribution in [0.15, 0.2) is 36.7 Å². The smallest absolute Gasteiger partial charge is 0.159 e. The SMILES string of the molecule is CN(C)c1ncnc(Nc2ccccc2)c1N. The maximum atomic E-state index is 6.00. The Labute approximate surface area is 100 Å². The number of aromatic nitrogens is 2. The van der Waals surface area contributed by atoms with Gasteiger partial charge < -0.3 is 16.0 Å². The molecule has 5 nitrogen and oxygen atoms in total. The van der Waals surface area contributed by atoms with Crippen molar-refractivity contribution in [3.8, 4) is 0 Å². The van der Waals surface area contributed by atoms with Gasteiger partial charge in [0.2, 0.25) is 0 Å². The lowest BCUT2D eigenvalue weighted by Gasteiger charge is -2.16. The number of anilines is 4. The van der Waals surface area contributed by atoms with Gasteiger partial charge in [-0.1, -0.05) is 18.2 Å². The topological polar surface area (TPSA) is 67.1 Å². The van der Waals surface area contributed by atoms with Crippen LogP contribution in [0.2, 0.25) is 0 Å². The van der Waals surface area contributed by atoms with Crippen molar-refractivity contribution in [2.45, 2.75) is 0 Å². The first-order valence-electron chi connectivity index (χ1n) is 5.28. The van der Waals surface area contributed by atoms with Crippen molar-refractivity contribution >= 4 is 23.0 Å². The van der Waals surface area contributed by atoms with Crippen LogP contribution in [0.3, 0.4) is 0 Å². The molecule has 0 aliphatic heterocycles. The molecule has 0 unspecified atom stereocenters. The normalized spacial score (nSPS) is 10.0. The number of hydrogen-bond donors (Lipinski definition) is 2. The molecule has 1 aromatic heterocycles. The molecule has 88 valence electrons. The van der Waals surface area contributed by atoms with E-state index in [1.807, 2.05) is 49.3 Å². The standard InChI is InChI=1S/C12H15N5/c1-17(2)12-10(13)11(14-8-15-12)16-9-6-4-3-5-7-9/h3-8H,13H2,1-2H3,(H,14,15,16). The number of para-hydroxylation sites is 1. The van der Waals surface area contributed by atoms with E-state index in [0.29, 0.717) is 17.3 Å². The number of nitrogens with two attached hydrogens (primary N) is 1. The molecule has 3 N–H and O–H groups in total. The average molecular weight is 229 g/mol. The van der Waals surface area contributed by atoms with E-state index in [1.165, 1.54) is 6.33 Å². The van der Waals surface area contributed by atoms with Crippen molar-refractivity contribution in [3.05, 3.63) is 36.7 Å². The van der Waals surface area contributed by atoms with Gasteiger partial charge in [-0.05, 0) is 12.1 Å². The van der Waals surface area contributed by atoms with Crippen molar-refractivity contribution in [2.75, 3.05) is 30.0 Å². The predicted molar refractivity (Wildman–Crippen MR) is 70.5 cm³/mol. The Morgan fingerprint density at radius 2 is 1.82 bits per heavy atom. The van der Waals surface area contributed by atoms with Crippen LogP contribution in [0, 0.1) is 0 Å². The van der Waals surface area contributed by atoms with E-state index >= 15 is 0 Å². The molecule has 0 spiro atoms. The summed E-state index contributed by atoms with van der Waals surface area (Å²) in [5, 5.41) is 3.16. The molecule has 0 fully saturated rings. The zero-order chi connectivity index (χ0) is 12.3.